The molecule has 3 aliphatic rings. The highest BCUT2D eigenvalue weighted by molar-refractivity contribution is 6.04. The average Bonchev–Trinajstić information content (AvgIpc) is 3.70. The molecule has 256 valence electrons. The molecule has 4 unspecified atom stereocenters. The van der Waals surface area contributed by atoms with E-state index in [1.807, 2.05) is 76.2 Å². The Morgan fingerprint density at radius 1 is 0.959 bits per heavy atom. The summed E-state index contributed by atoms with van der Waals surface area (Å²) in [6.45, 7) is 8.80. The predicted molar refractivity (Wildman–Crippen MR) is 191 cm³/mol. The lowest BCUT2D eigenvalue weighted by Crippen LogP contribution is -2.47. The standard InChI is InChI=1S/C39H46N6O4/c1-24-12-15-29-30(9-5-11-32(29)43-34(46)22-27-21-25-13-14-26(27)20-25)35(24)48-36-31(10-6-17-40-36)33-16-18-41-37(44-33)42-28-8-7-19-45(23-28)38(47)49-39(2,3)4/h5-6,9-12,15-18,25-28H,7-8,13-14,19-23H2,1-4H3,(H,43,46)(H,41,42,44). The second kappa shape index (κ2) is 13.6. The normalized spacial score (nSPS) is 21.8. The molecule has 4 aromatic rings. The third kappa shape index (κ3) is 7.48. The number of ether oxygens (including phenoxy) is 2. The molecule has 2 aromatic heterocycles. The van der Waals surface area contributed by atoms with Crippen LogP contribution in [0.15, 0.2) is 60.9 Å². The first kappa shape index (κ1) is 32.8. The van der Waals surface area contributed by atoms with Crippen LogP contribution in [0.2, 0.25) is 0 Å². The molecule has 2 amide bonds. The number of anilines is 2. The van der Waals surface area contributed by atoms with Crippen LogP contribution in [0.25, 0.3) is 22.0 Å². The van der Waals surface area contributed by atoms with Gasteiger partial charge in [-0.2, -0.15) is 0 Å². The zero-order valence-electron chi connectivity index (χ0n) is 28.9. The SMILES string of the molecule is Cc1ccc2c(NC(=O)CC3CC4CCC3C4)cccc2c1Oc1ncccc1-c1ccnc(NC2CCCN(C(=O)OC(C)(C)C)C2)n1. The number of nitrogens with zero attached hydrogens (tertiary/aromatic N) is 4. The molecule has 3 heterocycles. The molecule has 3 fully saturated rings. The Bertz CT molecular complexity index is 1860. The van der Waals surface area contributed by atoms with Gasteiger partial charge in [0.2, 0.25) is 17.7 Å². The number of likely N-dealkylation sites (tertiary alicyclic amines) is 1. The van der Waals surface area contributed by atoms with E-state index in [0.717, 1.165) is 46.3 Å². The van der Waals surface area contributed by atoms with Crippen LogP contribution in [-0.4, -0.2) is 56.6 Å². The van der Waals surface area contributed by atoms with Crippen molar-refractivity contribution in [3.05, 3.63) is 66.5 Å². The van der Waals surface area contributed by atoms with Crippen molar-refractivity contribution in [1.29, 1.82) is 0 Å². The van der Waals surface area contributed by atoms with E-state index < -0.39 is 5.60 Å². The van der Waals surface area contributed by atoms with Gasteiger partial charge in [-0.3, -0.25) is 4.79 Å². The number of carbonyl (C=O) groups is 2. The van der Waals surface area contributed by atoms with Crippen molar-refractivity contribution in [3.8, 4) is 22.9 Å². The molecular weight excluding hydrogens is 616 g/mol. The van der Waals surface area contributed by atoms with E-state index in [1.54, 1.807) is 17.3 Å². The van der Waals surface area contributed by atoms with Crippen LogP contribution < -0.4 is 15.4 Å². The van der Waals surface area contributed by atoms with Crippen molar-refractivity contribution in [2.75, 3.05) is 23.7 Å². The number of hydrogen-bond donors (Lipinski definition) is 2. The Labute approximate surface area is 288 Å². The second-order valence-corrected chi connectivity index (χ2v) is 14.9. The summed E-state index contributed by atoms with van der Waals surface area (Å²) in [6, 6.07) is 15.6. The summed E-state index contributed by atoms with van der Waals surface area (Å²) in [5.41, 5.74) is 2.57. The first-order valence-electron chi connectivity index (χ1n) is 17.6. The number of aryl methyl sites for hydroxylation is 1. The van der Waals surface area contributed by atoms with Gasteiger partial charge >= 0.3 is 6.09 Å². The van der Waals surface area contributed by atoms with E-state index in [4.69, 9.17) is 14.5 Å². The van der Waals surface area contributed by atoms with Gasteiger partial charge < -0.3 is 25.0 Å². The first-order chi connectivity index (χ1) is 23.6. The van der Waals surface area contributed by atoms with E-state index in [-0.39, 0.29) is 18.0 Å². The van der Waals surface area contributed by atoms with E-state index in [0.29, 0.717) is 54.6 Å². The van der Waals surface area contributed by atoms with Gasteiger partial charge in [0.1, 0.15) is 11.4 Å². The van der Waals surface area contributed by atoms with Gasteiger partial charge in [0.05, 0.1) is 11.3 Å². The summed E-state index contributed by atoms with van der Waals surface area (Å²) in [6.07, 6.45) is 10.5. The van der Waals surface area contributed by atoms with Crippen LogP contribution >= 0.6 is 0 Å². The summed E-state index contributed by atoms with van der Waals surface area (Å²) >= 11 is 0. The number of piperidine rings is 1. The highest BCUT2D eigenvalue weighted by Gasteiger charge is 2.40. The lowest BCUT2D eigenvalue weighted by Gasteiger charge is -2.34. The topological polar surface area (TPSA) is 119 Å². The minimum absolute atomic E-state index is 0.0116. The lowest BCUT2D eigenvalue weighted by atomic mass is 9.86. The molecular formula is C39H46N6O4. The van der Waals surface area contributed by atoms with E-state index in [9.17, 15) is 9.59 Å². The van der Waals surface area contributed by atoms with Crippen LogP contribution in [-0.2, 0) is 9.53 Å². The molecule has 2 N–H and O–H groups in total. The van der Waals surface area contributed by atoms with Crippen LogP contribution in [0.5, 0.6) is 11.6 Å². The summed E-state index contributed by atoms with van der Waals surface area (Å²) in [5.74, 6) is 3.68. The Morgan fingerprint density at radius 2 is 1.84 bits per heavy atom. The van der Waals surface area contributed by atoms with E-state index in [2.05, 4.69) is 20.6 Å². The zero-order chi connectivity index (χ0) is 34.1. The quantitative estimate of drug-likeness (QED) is 0.193. The molecule has 0 spiro atoms. The Morgan fingerprint density at radius 3 is 2.63 bits per heavy atom. The van der Waals surface area contributed by atoms with Gasteiger partial charge in [0.15, 0.2) is 0 Å². The fourth-order valence-corrected chi connectivity index (χ4v) is 7.86. The highest BCUT2D eigenvalue weighted by atomic mass is 16.6. The number of carbonyl (C=O) groups excluding carboxylic acids is 2. The maximum absolute atomic E-state index is 13.2. The van der Waals surface area contributed by atoms with Gasteiger partial charge in [-0.1, -0.05) is 30.7 Å². The summed E-state index contributed by atoms with van der Waals surface area (Å²) in [4.78, 5) is 41.6. The van der Waals surface area contributed by atoms with Gasteiger partial charge in [-0.15, -0.1) is 0 Å². The maximum Gasteiger partial charge on any atom is 0.410 e. The number of amides is 2. The monoisotopic (exact) mass is 662 g/mol. The molecule has 1 aliphatic heterocycles. The third-order valence-corrected chi connectivity index (χ3v) is 10.1. The molecule has 4 atom stereocenters. The maximum atomic E-state index is 13.2. The molecule has 10 nitrogen and oxygen atoms in total. The van der Waals surface area contributed by atoms with Gasteiger partial charge in [0.25, 0.3) is 0 Å². The lowest BCUT2D eigenvalue weighted by molar-refractivity contribution is -0.117. The highest BCUT2D eigenvalue weighted by Crippen LogP contribution is 2.49. The second-order valence-electron chi connectivity index (χ2n) is 14.9. The number of fused-ring (bicyclic) bond motifs is 3. The minimum atomic E-state index is -0.546. The van der Waals surface area contributed by atoms with Crippen molar-refractivity contribution < 1.29 is 19.1 Å². The van der Waals surface area contributed by atoms with Crippen molar-refractivity contribution in [2.45, 2.75) is 84.3 Å². The Hall–Kier alpha value is -4.73. The van der Waals surface area contributed by atoms with Crippen molar-refractivity contribution in [2.24, 2.45) is 17.8 Å². The fraction of sp³-hybridized carbons (Fsp3) is 0.462. The van der Waals surface area contributed by atoms with Crippen molar-refractivity contribution in [3.63, 3.8) is 0 Å². The summed E-state index contributed by atoms with van der Waals surface area (Å²) in [5, 5.41) is 8.45. The molecule has 0 radical (unpaired) electrons. The van der Waals surface area contributed by atoms with Crippen LogP contribution in [0, 0.1) is 24.7 Å². The number of hydrogen-bond acceptors (Lipinski definition) is 8. The van der Waals surface area contributed by atoms with Crippen LogP contribution in [0.3, 0.4) is 0 Å². The number of benzene rings is 2. The molecule has 2 bridgehead atoms. The first-order valence-corrected chi connectivity index (χ1v) is 17.6. The third-order valence-electron chi connectivity index (χ3n) is 10.1. The fourth-order valence-electron chi connectivity index (χ4n) is 7.86. The van der Waals surface area contributed by atoms with E-state index in [1.165, 1.54) is 25.7 Å². The van der Waals surface area contributed by atoms with Crippen LogP contribution in [0.1, 0.15) is 71.3 Å². The zero-order valence-corrected chi connectivity index (χ0v) is 28.9. The van der Waals surface area contributed by atoms with Crippen molar-refractivity contribution >= 4 is 34.4 Å². The smallest absolute Gasteiger partial charge is 0.410 e. The van der Waals surface area contributed by atoms with Gasteiger partial charge in [-0.05, 0) is 107 Å². The Kier molecular flexibility index (Phi) is 9.13. The van der Waals surface area contributed by atoms with Gasteiger partial charge in [0, 0.05) is 54.4 Å². The summed E-state index contributed by atoms with van der Waals surface area (Å²) in [7, 11) is 0. The molecule has 1 saturated heterocycles. The average molecular weight is 663 g/mol. The minimum Gasteiger partial charge on any atom is -0.444 e. The van der Waals surface area contributed by atoms with Crippen LogP contribution in [0.4, 0.5) is 16.4 Å². The molecule has 7 rings (SSSR count). The number of pyridine rings is 1. The molecule has 2 aliphatic carbocycles. The number of aromatic nitrogens is 3. The number of nitrogens with one attached hydrogen (secondary N) is 2. The summed E-state index contributed by atoms with van der Waals surface area (Å²) < 4.78 is 12.2. The number of rotatable bonds is 8. The van der Waals surface area contributed by atoms with Gasteiger partial charge in [-0.25, -0.2) is 19.7 Å². The Balaban J connectivity index is 1.09. The molecule has 49 heavy (non-hydrogen) atoms. The predicted octanol–water partition coefficient (Wildman–Crippen LogP) is 8.37. The molecule has 10 heteroatoms. The molecule has 2 aromatic carbocycles. The largest absolute Gasteiger partial charge is 0.444 e. The molecule has 2 saturated carbocycles. The van der Waals surface area contributed by atoms with Crippen molar-refractivity contribution in [1.82, 2.24) is 19.9 Å². The van der Waals surface area contributed by atoms with E-state index >= 15 is 0 Å².